The Kier molecular flexibility index (Phi) is 7.27. The first-order valence-corrected chi connectivity index (χ1v) is 14.5. The van der Waals surface area contributed by atoms with Gasteiger partial charge in [-0.25, -0.2) is 9.50 Å². The van der Waals surface area contributed by atoms with E-state index in [0.29, 0.717) is 42.9 Å². The highest BCUT2D eigenvalue weighted by molar-refractivity contribution is 5.92. The Morgan fingerprint density at radius 2 is 1.90 bits per heavy atom. The van der Waals surface area contributed by atoms with Crippen LogP contribution in [0.4, 0.5) is 0 Å². The number of carbonyl (C=O) groups excluding carboxylic acids is 1. The molecule has 4 aromatic rings. The molecule has 6 rings (SSSR count). The van der Waals surface area contributed by atoms with Crippen LogP contribution in [0, 0.1) is 0 Å². The first-order chi connectivity index (χ1) is 19.3. The van der Waals surface area contributed by atoms with E-state index in [1.165, 1.54) is 16.5 Å². The number of likely N-dealkylation sites (tertiary alicyclic amines) is 1. The molecule has 1 aromatic carbocycles. The minimum Gasteiger partial charge on any atom is -0.493 e. The molecule has 0 spiro atoms. The van der Waals surface area contributed by atoms with E-state index in [0.717, 1.165) is 42.7 Å². The number of hydrogen-bond donors (Lipinski definition) is 1. The molecule has 0 unspecified atom stereocenters. The van der Waals surface area contributed by atoms with Crippen LogP contribution < -0.4 is 4.74 Å². The van der Waals surface area contributed by atoms with Crippen LogP contribution in [0.3, 0.4) is 0 Å². The number of aromatic amines is 1. The third kappa shape index (κ3) is 5.08. The van der Waals surface area contributed by atoms with Gasteiger partial charge in [-0.1, -0.05) is 19.9 Å². The fourth-order valence-corrected chi connectivity index (χ4v) is 6.59. The quantitative estimate of drug-likeness (QED) is 0.374. The van der Waals surface area contributed by atoms with E-state index >= 15 is 0 Å². The van der Waals surface area contributed by atoms with Gasteiger partial charge in [-0.2, -0.15) is 5.10 Å². The summed E-state index contributed by atoms with van der Waals surface area (Å²) in [5, 5.41) is 5.62. The van der Waals surface area contributed by atoms with Crippen molar-refractivity contribution >= 4 is 22.5 Å². The average Bonchev–Trinajstić information content (AvgIpc) is 3.57. The van der Waals surface area contributed by atoms with E-state index in [9.17, 15) is 4.79 Å². The number of morpholine rings is 1. The predicted molar refractivity (Wildman–Crippen MR) is 156 cm³/mol. The van der Waals surface area contributed by atoms with Gasteiger partial charge in [0.15, 0.2) is 11.4 Å². The second-order valence-corrected chi connectivity index (χ2v) is 11.8. The van der Waals surface area contributed by atoms with Gasteiger partial charge in [-0.15, -0.1) is 0 Å². The number of rotatable bonds is 6. The Morgan fingerprint density at radius 1 is 1.15 bits per heavy atom. The maximum atomic E-state index is 13.0. The van der Waals surface area contributed by atoms with E-state index in [1.54, 1.807) is 18.0 Å². The molecule has 212 valence electrons. The van der Waals surface area contributed by atoms with E-state index < -0.39 is 0 Å². The minimum absolute atomic E-state index is 0.102. The van der Waals surface area contributed by atoms with Crippen LogP contribution >= 0.6 is 0 Å². The van der Waals surface area contributed by atoms with Gasteiger partial charge >= 0.3 is 0 Å². The maximum absolute atomic E-state index is 13.0. The van der Waals surface area contributed by atoms with E-state index in [2.05, 4.69) is 52.0 Å². The van der Waals surface area contributed by atoms with E-state index in [4.69, 9.17) is 9.47 Å². The molecule has 2 saturated heterocycles. The van der Waals surface area contributed by atoms with Gasteiger partial charge in [-0.3, -0.25) is 9.69 Å². The normalized spacial score (nSPS) is 21.1. The zero-order valence-corrected chi connectivity index (χ0v) is 24.2. The smallest absolute Gasteiger partial charge is 0.236 e. The number of carbonyl (C=O) groups is 1. The lowest BCUT2D eigenvalue weighted by Gasteiger charge is -2.37. The van der Waals surface area contributed by atoms with E-state index in [-0.39, 0.29) is 18.1 Å². The molecule has 0 bridgehead atoms. The summed E-state index contributed by atoms with van der Waals surface area (Å²) in [4.78, 5) is 25.3. The van der Waals surface area contributed by atoms with Crippen molar-refractivity contribution in [3.8, 4) is 17.0 Å². The number of nitrogens with zero attached hydrogens (tertiary/aromatic N) is 5. The van der Waals surface area contributed by atoms with Crippen molar-refractivity contribution in [1.82, 2.24) is 29.4 Å². The highest BCUT2D eigenvalue weighted by Gasteiger charge is 2.29. The number of piperidine rings is 1. The van der Waals surface area contributed by atoms with Gasteiger partial charge in [0, 0.05) is 35.8 Å². The standard InChI is InChI=1S/C31H40N6O3/c1-19(2)29-25-12-23(22-8-10-35(11-9-22)17-28(38)36-14-20(3)40-21(4)15-36)6-7-26(25)34-30(29)24-13-27(39-5)31-32-18-33-37(31)16-24/h6-7,12-13,16,18-22,34H,8-11,14-15,17H2,1-5H3/t20-,21+. The lowest BCUT2D eigenvalue weighted by atomic mass is 9.87. The molecule has 3 aromatic heterocycles. The molecule has 2 fully saturated rings. The molecule has 1 N–H and O–H groups in total. The Labute approximate surface area is 235 Å². The van der Waals surface area contributed by atoms with Crippen LogP contribution in [0.25, 0.3) is 27.8 Å². The highest BCUT2D eigenvalue weighted by atomic mass is 16.5. The molecule has 40 heavy (non-hydrogen) atoms. The van der Waals surface area contributed by atoms with Crippen LogP contribution in [0.5, 0.6) is 5.75 Å². The Hall–Kier alpha value is -3.43. The van der Waals surface area contributed by atoms with Crippen molar-refractivity contribution in [2.45, 2.75) is 64.6 Å². The van der Waals surface area contributed by atoms with Gasteiger partial charge in [-0.05, 0) is 80.9 Å². The lowest BCUT2D eigenvalue weighted by molar-refractivity contribution is -0.144. The number of pyridine rings is 1. The zero-order chi connectivity index (χ0) is 28.0. The fourth-order valence-electron chi connectivity index (χ4n) is 6.59. The molecule has 2 atom stereocenters. The van der Waals surface area contributed by atoms with E-state index in [1.807, 2.05) is 31.0 Å². The summed E-state index contributed by atoms with van der Waals surface area (Å²) in [6, 6.07) is 8.92. The number of benzene rings is 1. The minimum atomic E-state index is 0.102. The van der Waals surface area contributed by atoms with Gasteiger partial charge in [0.25, 0.3) is 0 Å². The first kappa shape index (κ1) is 26.8. The third-order valence-electron chi connectivity index (χ3n) is 8.48. The molecule has 5 heterocycles. The summed E-state index contributed by atoms with van der Waals surface area (Å²) in [6.45, 7) is 12.3. The molecule has 0 radical (unpaired) electrons. The average molecular weight is 545 g/mol. The molecule has 0 saturated carbocycles. The Balaban J connectivity index is 1.20. The monoisotopic (exact) mass is 544 g/mol. The second-order valence-electron chi connectivity index (χ2n) is 11.8. The molecule has 2 aliphatic heterocycles. The number of aromatic nitrogens is 4. The SMILES string of the molecule is COc1cc(-c2[nH]c3ccc(C4CCN(CC(=O)N5C[C@@H](C)O[C@@H](C)C5)CC4)cc3c2C(C)C)cn2ncnc12. The van der Waals surface area contributed by atoms with Crippen LogP contribution in [-0.4, -0.2) is 87.3 Å². The van der Waals surface area contributed by atoms with Crippen molar-refractivity contribution in [1.29, 1.82) is 0 Å². The fraction of sp³-hybridized carbons (Fsp3) is 0.516. The second kappa shape index (κ2) is 10.9. The van der Waals surface area contributed by atoms with Crippen molar-refractivity contribution in [2.24, 2.45) is 0 Å². The summed E-state index contributed by atoms with van der Waals surface area (Å²) < 4.78 is 13.2. The van der Waals surface area contributed by atoms with Gasteiger partial charge in [0.2, 0.25) is 5.91 Å². The Bertz CT molecular complexity index is 1510. The molecule has 1 amide bonds. The number of ether oxygens (including phenoxy) is 2. The topological polar surface area (TPSA) is 88.0 Å². The van der Waals surface area contributed by atoms with Crippen LogP contribution in [0.15, 0.2) is 36.8 Å². The van der Waals surface area contributed by atoms with Crippen molar-refractivity contribution in [2.75, 3.05) is 39.8 Å². The zero-order valence-electron chi connectivity index (χ0n) is 24.2. The molecular weight excluding hydrogens is 504 g/mol. The predicted octanol–water partition coefficient (Wildman–Crippen LogP) is 4.82. The number of amides is 1. The number of nitrogens with one attached hydrogen (secondary N) is 1. The number of H-pyrrole nitrogens is 1. The molecule has 9 heteroatoms. The Morgan fingerprint density at radius 3 is 2.60 bits per heavy atom. The van der Waals surface area contributed by atoms with Crippen LogP contribution in [0.1, 0.15) is 63.5 Å². The summed E-state index contributed by atoms with van der Waals surface area (Å²) in [5.41, 5.74) is 6.65. The summed E-state index contributed by atoms with van der Waals surface area (Å²) >= 11 is 0. The highest BCUT2D eigenvalue weighted by Crippen LogP contribution is 2.39. The summed E-state index contributed by atoms with van der Waals surface area (Å²) in [7, 11) is 1.67. The van der Waals surface area contributed by atoms with Crippen molar-refractivity contribution in [3.63, 3.8) is 0 Å². The van der Waals surface area contributed by atoms with Gasteiger partial charge < -0.3 is 19.4 Å². The molecule has 2 aliphatic rings. The maximum Gasteiger partial charge on any atom is 0.236 e. The third-order valence-corrected chi connectivity index (χ3v) is 8.48. The lowest BCUT2D eigenvalue weighted by Crippen LogP contribution is -2.51. The van der Waals surface area contributed by atoms with Crippen molar-refractivity contribution < 1.29 is 14.3 Å². The molecule has 9 nitrogen and oxygen atoms in total. The first-order valence-electron chi connectivity index (χ1n) is 14.5. The molecular formula is C31H40N6O3. The summed E-state index contributed by atoms with van der Waals surface area (Å²) in [5.74, 6) is 1.75. The largest absolute Gasteiger partial charge is 0.493 e. The number of methoxy groups -OCH3 is 1. The van der Waals surface area contributed by atoms with Crippen LogP contribution in [0.2, 0.25) is 0 Å². The van der Waals surface area contributed by atoms with Crippen molar-refractivity contribution in [3.05, 3.63) is 47.9 Å². The van der Waals surface area contributed by atoms with Gasteiger partial charge in [0.05, 0.1) is 31.6 Å². The number of fused-ring (bicyclic) bond motifs is 2. The van der Waals surface area contributed by atoms with Crippen LogP contribution in [-0.2, 0) is 9.53 Å². The molecule has 0 aliphatic carbocycles. The van der Waals surface area contributed by atoms with Gasteiger partial charge in [0.1, 0.15) is 6.33 Å². The number of hydrogen-bond acceptors (Lipinski definition) is 6. The summed E-state index contributed by atoms with van der Waals surface area (Å²) in [6.07, 6.45) is 5.88.